The van der Waals surface area contributed by atoms with E-state index in [0.717, 1.165) is 12.2 Å². The van der Waals surface area contributed by atoms with Crippen molar-refractivity contribution >= 4 is 22.7 Å². The van der Waals surface area contributed by atoms with Gasteiger partial charge in [0.25, 0.3) is 0 Å². The Morgan fingerprint density at radius 1 is 1.10 bits per heavy atom. The van der Waals surface area contributed by atoms with Gasteiger partial charge in [0, 0.05) is 16.3 Å². The van der Waals surface area contributed by atoms with Crippen LogP contribution in [-0.2, 0) is 6.54 Å². The first-order valence-corrected chi connectivity index (χ1v) is 8.06. The lowest BCUT2D eigenvalue weighted by Gasteiger charge is -2.17. The number of anilines is 2. The molecule has 20 heavy (non-hydrogen) atoms. The fraction of sp³-hybridized carbons (Fsp3) is 0.412. The molecule has 1 aromatic heterocycles. The van der Waals surface area contributed by atoms with Crippen LogP contribution in [0.1, 0.15) is 55.5 Å². The standard InChI is InChI=1S/C17H24N2S/c1-11(2)13-5-6-16(14(9-13)12(3)4)19-10-17-15(18)7-8-20-17/h5-9,11-12,19H,10,18H2,1-4H3. The van der Waals surface area contributed by atoms with Gasteiger partial charge in [0.05, 0.1) is 6.54 Å². The summed E-state index contributed by atoms with van der Waals surface area (Å²) in [7, 11) is 0. The van der Waals surface area contributed by atoms with E-state index in [1.54, 1.807) is 11.3 Å². The molecule has 3 N–H and O–H groups in total. The quantitative estimate of drug-likeness (QED) is 0.794. The summed E-state index contributed by atoms with van der Waals surface area (Å²) in [4.78, 5) is 1.20. The average molecular weight is 288 g/mol. The predicted octanol–water partition coefficient (Wildman–Crippen LogP) is 5.19. The van der Waals surface area contributed by atoms with Crippen molar-refractivity contribution in [3.8, 4) is 0 Å². The summed E-state index contributed by atoms with van der Waals surface area (Å²) in [5, 5.41) is 5.57. The van der Waals surface area contributed by atoms with Gasteiger partial charge in [-0.2, -0.15) is 0 Å². The van der Waals surface area contributed by atoms with Crippen LogP contribution in [0.3, 0.4) is 0 Å². The van der Waals surface area contributed by atoms with E-state index in [9.17, 15) is 0 Å². The van der Waals surface area contributed by atoms with Gasteiger partial charge in [-0.05, 0) is 40.5 Å². The van der Waals surface area contributed by atoms with Gasteiger partial charge >= 0.3 is 0 Å². The van der Waals surface area contributed by atoms with Crippen molar-refractivity contribution in [2.24, 2.45) is 0 Å². The molecular formula is C17H24N2S. The molecule has 2 aromatic rings. The lowest BCUT2D eigenvalue weighted by atomic mass is 9.94. The second-order valence-electron chi connectivity index (χ2n) is 5.81. The Bertz CT molecular complexity index is 570. The van der Waals surface area contributed by atoms with E-state index in [0.29, 0.717) is 11.8 Å². The van der Waals surface area contributed by atoms with Gasteiger partial charge in [-0.25, -0.2) is 0 Å². The zero-order valence-electron chi connectivity index (χ0n) is 12.7. The zero-order chi connectivity index (χ0) is 14.7. The lowest BCUT2D eigenvalue weighted by Crippen LogP contribution is -2.05. The Labute approximate surface area is 126 Å². The van der Waals surface area contributed by atoms with Crippen LogP contribution in [0.25, 0.3) is 0 Å². The zero-order valence-corrected chi connectivity index (χ0v) is 13.6. The fourth-order valence-corrected chi connectivity index (χ4v) is 2.99. The van der Waals surface area contributed by atoms with Gasteiger partial charge in [-0.15, -0.1) is 11.3 Å². The van der Waals surface area contributed by atoms with E-state index in [1.807, 2.05) is 11.4 Å². The van der Waals surface area contributed by atoms with E-state index >= 15 is 0 Å². The predicted molar refractivity (Wildman–Crippen MR) is 90.7 cm³/mol. The SMILES string of the molecule is CC(C)c1ccc(NCc2sccc2N)c(C(C)C)c1. The molecule has 0 bridgehead atoms. The number of nitrogen functional groups attached to an aromatic ring is 1. The lowest BCUT2D eigenvalue weighted by molar-refractivity contribution is 0.833. The highest BCUT2D eigenvalue weighted by atomic mass is 32.1. The van der Waals surface area contributed by atoms with Crippen molar-refractivity contribution in [3.05, 3.63) is 45.6 Å². The van der Waals surface area contributed by atoms with Gasteiger partial charge < -0.3 is 11.1 Å². The van der Waals surface area contributed by atoms with Crippen molar-refractivity contribution < 1.29 is 0 Å². The van der Waals surface area contributed by atoms with Crippen molar-refractivity contribution in [2.45, 2.75) is 46.1 Å². The number of thiophene rings is 1. The maximum atomic E-state index is 5.94. The van der Waals surface area contributed by atoms with E-state index in [2.05, 4.69) is 51.2 Å². The molecule has 0 radical (unpaired) electrons. The molecule has 0 fully saturated rings. The number of rotatable bonds is 5. The Balaban J connectivity index is 2.20. The average Bonchev–Trinajstić information content (AvgIpc) is 2.81. The number of nitrogens with one attached hydrogen (secondary N) is 1. The maximum Gasteiger partial charge on any atom is 0.0514 e. The molecule has 108 valence electrons. The number of hydrogen-bond donors (Lipinski definition) is 2. The first kappa shape index (κ1) is 14.9. The van der Waals surface area contributed by atoms with E-state index in [-0.39, 0.29) is 0 Å². The van der Waals surface area contributed by atoms with Crippen LogP contribution in [0, 0.1) is 0 Å². The normalized spacial score (nSPS) is 11.3. The summed E-state index contributed by atoms with van der Waals surface area (Å²) >= 11 is 1.70. The minimum absolute atomic E-state index is 0.511. The van der Waals surface area contributed by atoms with Crippen molar-refractivity contribution in [2.75, 3.05) is 11.1 Å². The molecule has 0 aliphatic heterocycles. The molecule has 1 aromatic carbocycles. The Hall–Kier alpha value is -1.48. The molecular weight excluding hydrogens is 264 g/mol. The monoisotopic (exact) mass is 288 g/mol. The molecule has 0 saturated carbocycles. The van der Waals surface area contributed by atoms with E-state index in [4.69, 9.17) is 5.73 Å². The van der Waals surface area contributed by atoms with Crippen LogP contribution in [0.2, 0.25) is 0 Å². The summed E-state index contributed by atoms with van der Waals surface area (Å²) < 4.78 is 0. The molecule has 0 aliphatic carbocycles. The van der Waals surface area contributed by atoms with Crippen molar-refractivity contribution in [1.82, 2.24) is 0 Å². The van der Waals surface area contributed by atoms with Gasteiger partial charge in [-0.3, -0.25) is 0 Å². The van der Waals surface area contributed by atoms with Crippen LogP contribution >= 0.6 is 11.3 Å². The number of hydrogen-bond acceptors (Lipinski definition) is 3. The third-order valence-electron chi connectivity index (χ3n) is 3.58. The Morgan fingerprint density at radius 2 is 1.85 bits per heavy atom. The first-order valence-electron chi connectivity index (χ1n) is 7.18. The van der Waals surface area contributed by atoms with E-state index < -0.39 is 0 Å². The minimum atomic E-state index is 0.511. The van der Waals surface area contributed by atoms with Gasteiger partial charge in [0.1, 0.15) is 0 Å². The molecule has 0 amide bonds. The Kier molecular flexibility index (Phi) is 4.71. The first-order chi connectivity index (χ1) is 9.49. The third-order valence-corrected chi connectivity index (χ3v) is 4.52. The minimum Gasteiger partial charge on any atom is -0.398 e. The largest absolute Gasteiger partial charge is 0.398 e. The molecule has 2 rings (SSSR count). The second-order valence-corrected chi connectivity index (χ2v) is 6.81. The highest BCUT2D eigenvalue weighted by Gasteiger charge is 2.10. The van der Waals surface area contributed by atoms with Crippen LogP contribution in [0.4, 0.5) is 11.4 Å². The molecule has 1 heterocycles. The smallest absolute Gasteiger partial charge is 0.0514 e. The Morgan fingerprint density at radius 3 is 2.40 bits per heavy atom. The molecule has 0 saturated heterocycles. The number of nitrogens with two attached hydrogens (primary N) is 1. The molecule has 0 spiro atoms. The van der Waals surface area contributed by atoms with Gasteiger partial charge in [0.15, 0.2) is 0 Å². The van der Waals surface area contributed by atoms with Crippen LogP contribution in [-0.4, -0.2) is 0 Å². The third kappa shape index (κ3) is 3.34. The topological polar surface area (TPSA) is 38.0 Å². The van der Waals surface area contributed by atoms with Gasteiger partial charge in [0.2, 0.25) is 0 Å². The van der Waals surface area contributed by atoms with Crippen LogP contribution in [0.15, 0.2) is 29.6 Å². The van der Waals surface area contributed by atoms with Crippen molar-refractivity contribution in [3.63, 3.8) is 0 Å². The molecule has 0 aliphatic rings. The highest BCUT2D eigenvalue weighted by Crippen LogP contribution is 2.29. The van der Waals surface area contributed by atoms with E-state index in [1.165, 1.54) is 21.7 Å². The van der Waals surface area contributed by atoms with Crippen molar-refractivity contribution in [1.29, 1.82) is 0 Å². The molecule has 0 unspecified atom stereocenters. The summed E-state index contributed by atoms with van der Waals surface area (Å²) in [6, 6.07) is 8.72. The highest BCUT2D eigenvalue weighted by molar-refractivity contribution is 7.10. The summed E-state index contributed by atoms with van der Waals surface area (Å²) in [5.74, 6) is 1.08. The summed E-state index contributed by atoms with van der Waals surface area (Å²) in [6.45, 7) is 9.75. The number of benzene rings is 1. The van der Waals surface area contributed by atoms with Crippen LogP contribution < -0.4 is 11.1 Å². The fourth-order valence-electron chi connectivity index (χ4n) is 2.25. The second kappa shape index (κ2) is 6.31. The summed E-state index contributed by atoms with van der Waals surface area (Å²) in [5.41, 5.74) is 10.8. The maximum absolute atomic E-state index is 5.94. The van der Waals surface area contributed by atoms with Gasteiger partial charge in [-0.1, -0.05) is 39.8 Å². The summed E-state index contributed by atoms with van der Waals surface area (Å²) in [6.07, 6.45) is 0. The molecule has 2 nitrogen and oxygen atoms in total. The molecule has 3 heteroatoms. The van der Waals surface area contributed by atoms with Crippen LogP contribution in [0.5, 0.6) is 0 Å². The molecule has 0 atom stereocenters.